The fourth-order valence-electron chi connectivity index (χ4n) is 1.15. The van der Waals surface area contributed by atoms with Crippen LogP contribution in [0, 0.1) is 5.92 Å². The van der Waals surface area contributed by atoms with Gasteiger partial charge in [0, 0.05) is 6.54 Å². The van der Waals surface area contributed by atoms with Gasteiger partial charge in [-0.15, -0.1) is 0 Å². The number of amides is 1. The fourth-order valence-corrected chi connectivity index (χ4v) is 1.15. The Morgan fingerprint density at radius 2 is 1.84 bits per heavy atom. The third-order valence-corrected chi connectivity index (χ3v) is 2.12. The number of esters is 1. The molecule has 110 valence electrons. The molecule has 7 nitrogen and oxygen atoms in total. The molecule has 0 fully saturated rings. The Labute approximate surface area is 112 Å². The Hall–Kier alpha value is -1.63. The quantitative estimate of drug-likeness (QED) is 0.581. The molecule has 2 atom stereocenters. The summed E-state index contributed by atoms with van der Waals surface area (Å²) in [6.07, 6.45) is -0.452. The van der Waals surface area contributed by atoms with Crippen molar-refractivity contribution in [3.8, 4) is 0 Å². The van der Waals surface area contributed by atoms with Gasteiger partial charge in [-0.05, 0) is 20.8 Å². The molecule has 0 aromatic carbocycles. The van der Waals surface area contributed by atoms with Crippen LogP contribution in [0.2, 0.25) is 0 Å². The lowest BCUT2D eigenvalue weighted by atomic mass is 10.1. The standard InChI is InChI=1S/C12H22N2O5/c1-7(11(18)19-12(2,3)4)6-14-10(17)8(13)5-9(15)16/h7-8H,5-6,13H2,1-4H3,(H,14,17)(H,15,16). The number of hydrogen-bond donors (Lipinski definition) is 3. The van der Waals surface area contributed by atoms with Crippen LogP contribution in [0.1, 0.15) is 34.1 Å². The van der Waals surface area contributed by atoms with E-state index in [1.165, 1.54) is 0 Å². The average molecular weight is 274 g/mol. The maximum atomic E-state index is 11.6. The number of hydrogen-bond acceptors (Lipinski definition) is 5. The van der Waals surface area contributed by atoms with Crippen LogP contribution in [-0.4, -0.2) is 41.1 Å². The highest BCUT2D eigenvalue weighted by molar-refractivity contribution is 5.86. The molecule has 0 aliphatic rings. The second kappa shape index (κ2) is 7.08. The number of nitrogens with two attached hydrogens (primary N) is 1. The van der Waals surface area contributed by atoms with Gasteiger partial charge >= 0.3 is 11.9 Å². The molecule has 2 unspecified atom stereocenters. The molecule has 0 spiro atoms. The summed E-state index contributed by atoms with van der Waals surface area (Å²) in [6.45, 7) is 6.91. The molecule has 0 radical (unpaired) electrons. The van der Waals surface area contributed by atoms with E-state index in [1.54, 1.807) is 27.7 Å². The molecule has 0 rings (SSSR count). The lowest BCUT2D eigenvalue weighted by Gasteiger charge is -2.22. The van der Waals surface area contributed by atoms with E-state index < -0.39 is 41.8 Å². The minimum atomic E-state index is -1.15. The number of rotatable bonds is 6. The molecule has 0 aromatic rings. The van der Waals surface area contributed by atoms with Gasteiger partial charge in [0.05, 0.1) is 18.4 Å². The van der Waals surface area contributed by atoms with Crippen LogP contribution in [0.25, 0.3) is 0 Å². The van der Waals surface area contributed by atoms with Crippen LogP contribution in [0.5, 0.6) is 0 Å². The van der Waals surface area contributed by atoms with Crippen molar-refractivity contribution in [1.82, 2.24) is 5.32 Å². The number of carbonyl (C=O) groups is 3. The summed E-state index contributed by atoms with van der Waals surface area (Å²) in [6, 6.07) is -1.12. The summed E-state index contributed by atoms with van der Waals surface area (Å²) in [5.74, 6) is -2.71. The second-order valence-corrected chi connectivity index (χ2v) is 5.38. The number of carboxylic acid groups (broad SMARTS) is 1. The van der Waals surface area contributed by atoms with E-state index >= 15 is 0 Å². The van der Waals surface area contributed by atoms with Crippen molar-refractivity contribution in [3.05, 3.63) is 0 Å². The number of ether oxygens (including phenoxy) is 1. The van der Waals surface area contributed by atoms with Crippen LogP contribution in [-0.2, 0) is 19.1 Å². The zero-order chi connectivity index (χ0) is 15.2. The van der Waals surface area contributed by atoms with Crippen molar-refractivity contribution in [2.75, 3.05) is 6.54 Å². The molecule has 1 amide bonds. The summed E-state index contributed by atoms with van der Waals surface area (Å²) >= 11 is 0. The van der Waals surface area contributed by atoms with Crippen molar-refractivity contribution in [3.63, 3.8) is 0 Å². The van der Waals surface area contributed by atoms with Crippen LogP contribution >= 0.6 is 0 Å². The van der Waals surface area contributed by atoms with Gasteiger partial charge in [0.1, 0.15) is 5.60 Å². The van der Waals surface area contributed by atoms with E-state index in [2.05, 4.69) is 5.32 Å². The molecule has 0 aromatic heterocycles. The average Bonchev–Trinajstić information content (AvgIpc) is 2.21. The first-order valence-electron chi connectivity index (χ1n) is 6.01. The van der Waals surface area contributed by atoms with Gasteiger partial charge in [-0.3, -0.25) is 14.4 Å². The smallest absolute Gasteiger partial charge is 0.310 e. The van der Waals surface area contributed by atoms with E-state index in [1.807, 2.05) is 0 Å². The first kappa shape index (κ1) is 17.4. The van der Waals surface area contributed by atoms with Crippen molar-refractivity contribution < 1.29 is 24.2 Å². The summed E-state index contributed by atoms with van der Waals surface area (Å²) in [5, 5.41) is 10.9. The summed E-state index contributed by atoms with van der Waals surface area (Å²) < 4.78 is 5.14. The maximum Gasteiger partial charge on any atom is 0.310 e. The monoisotopic (exact) mass is 274 g/mol. The number of carbonyl (C=O) groups excluding carboxylic acids is 2. The lowest BCUT2D eigenvalue weighted by molar-refractivity contribution is -0.159. The van der Waals surface area contributed by atoms with Crippen LogP contribution in [0.4, 0.5) is 0 Å². The molecule has 0 aliphatic heterocycles. The minimum absolute atomic E-state index is 0.0566. The van der Waals surface area contributed by atoms with Gasteiger partial charge < -0.3 is 20.9 Å². The largest absolute Gasteiger partial charge is 0.481 e. The summed E-state index contributed by atoms with van der Waals surface area (Å²) in [5.41, 5.74) is 4.78. The van der Waals surface area contributed by atoms with E-state index in [-0.39, 0.29) is 6.54 Å². The van der Waals surface area contributed by atoms with E-state index in [9.17, 15) is 14.4 Å². The predicted octanol–water partition coefficient (Wildman–Crippen LogP) is -0.118. The van der Waals surface area contributed by atoms with Gasteiger partial charge in [0.2, 0.25) is 5.91 Å². The molecule has 19 heavy (non-hydrogen) atoms. The minimum Gasteiger partial charge on any atom is -0.481 e. The Morgan fingerprint density at radius 1 is 1.32 bits per heavy atom. The SMILES string of the molecule is CC(CNC(=O)C(N)CC(=O)O)C(=O)OC(C)(C)C. The molecule has 0 aliphatic carbocycles. The third-order valence-electron chi connectivity index (χ3n) is 2.12. The van der Waals surface area contributed by atoms with Crippen molar-refractivity contribution in [2.24, 2.45) is 11.7 Å². The third kappa shape index (κ3) is 8.15. The molecule has 4 N–H and O–H groups in total. The van der Waals surface area contributed by atoms with Crippen molar-refractivity contribution in [1.29, 1.82) is 0 Å². The van der Waals surface area contributed by atoms with Gasteiger partial charge in [-0.1, -0.05) is 6.92 Å². The van der Waals surface area contributed by atoms with E-state index in [0.717, 1.165) is 0 Å². The molecule has 0 bridgehead atoms. The molecular formula is C12H22N2O5. The number of nitrogens with one attached hydrogen (secondary N) is 1. The van der Waals surface area contributed by atoms with Crippen molar-refractivity contribution >= 4 is 17.8 Å². The zero-order valence-corrected chi connectivity index (χ0v) is 11.7. The lowest BCUT2D eigenvalue weighted by Crippen LogP contribution is -2.44. The van der Waals surface area contributed by atoms with E-state index in [4.69, 9.17) is 15.6 Å². The molecule has 0 heterocycles. The Morgan fingerprint density at radius 3 is 2.26 bits per heavy atom. The highest BCUT2D eigenvalue weighted by atomic mass is 16.6. The highest BCUT2D eigenvalue weighted by Crippen LogP contribution is 2.10. The molecule has 0 saturated heterocycles. The van der Waals surface area contributed by atoms with Gasteiger partial charge in [-0.25, -0.2) is 0 Å². The molecular weight excluding hydrogens is 252 g/mol. The summed E-state index contributed by atoms with van der Waals surface area (Å²) in [4.78, 5) is 33.4. The van der Waals surface area contributed by atoms with E-state index in [0.29, 0.717) is 0 Å². The number of carboxylic acids is 1. The van der Waals surface area contributed by atoms with Crippen LogP contribution in [0.15, 0.2) is 0 Å². The maximum absolute atomic E-state index is 11.6. The van der Waals surface area contributed by atoms with Crippen molar-refractivity contribution in [2.45, 2.75) is 45.8 Å². The van der Waals surface area contributed by atoms with Gasteiger partial charge in [0.15, 0.2) is 0 Å². The topological polar surface area (TPSA) is 119 Å². The summed E-state index contributed by atoms with van der Waals surface area (Å²) in [7, 11) is 0. The van der Waals surface area contributed by atoms with Gasteiger partial charge in [-0.2, -0.15) is 0 Å². The Bertz CT molecular complexity index is 349. The Kier molecular flexibility index (Phi) is 6.47. The molecule has 0 saturated carbocycles. The highest BCUT2D eigenvalue weighted by Gasteiger charge is 2.23. The normalized spacial score (nSPS) is 14.4. The molecule has 7 heteroatoms. The fraction of sp³-hybridized carbons (Fsp3) is 0.750. The zero-order valence-electron chi connectivity index (χ0n) is 11.7. The van der Waals surface area contributed by atoms with Crippen LogP contribution in [0.3, 0.4) is 0 Å². The van der Waals surface area contributed by atoms with Crippen LogP contribution < -0.4 is 11.1 Å². The number of aliphatic carboxylic acids is 1. The van der Waals surface area contributed by atoms with Gasteiger partial charge in [0.25, 0.3) is 0 Å². The Balaban J connectivity index is 4.15. The second-order valence-electron chi connectivity index (χ2n) is 5.38. The predicted molar refractivity (Wildman–Crippen MR) is 68.2 cm³/mol. The first-order valence-corrected chi connectivity index (χ1v) is 6.01. The first-order chi connectivity index (χ1) is 8.53.